The second-order valence-electron chi connectivity index (χ2n) is 7.95. The molecule has 38 heavy (non-hydrogen) atoms. The minimum absolute atomic E-state index is 0.0669. The van der Waals surface area contributed by atoms with E-state index in [1.807, 2.05) is 0 Å². The molecule has 1 N–H and O–H groups in total. The van der Waals surface area contributed by atoms with Gasteiger partial charge in [-0.2, -0.15) is 0 Å². The van der Waals surface area contributed by atoms with Crippen molar-refractivity contribution in [3.05, 3.63) is 92.6 Å². The summed E-state index contributed by atoms with van der Waals surface area (Å²) >= 11 is 12.7. The van der Waals surface area contributed by atoms with Gasteiger partial charge in [0.25, 0.3) is 17.1 Å². The van der Waals surface area contributed by atoms with E-state index in [4.69, 9.17) is 32.7 Å². The van der Waals surface area contributed by atoms with Crippen molar-refractivity contribution in [3.8, 4) is 11.5 Å². The summed E-state index contributed by atoms with van der Waals surface area (Å²) in [4.78, 5) is 38.8. The number of benzene rings is 3. The average molecular weight is 575 g/mol. The smallest absolute Gasteiger partial charge is 0.293 e. The lowest BCUT2D eigenvalue weighted by Crippen LogP contribution is -2.28. The number of imide groups is 1. The van der Waals surface area contributed by atoms with Gasteiger partial charge in [0, 0.05) is 21.3 Å². The normalized spacial score (nSPS) is 14.2. The minimum atomic E-state index is -0.598. The number of halogens is 3. The molecule has 1 heterocycles. The summed E-state index contributed by atoms with van der Waals surface area (Å²) in [6, 6.07) is 15.8. The van der Waals surface area contributed by atoms with E-state index in [-0.39, 0.29) is 34.6 Å². The third kappa shape index (κ3) is 6.66. The van der Waals surface area contributed by atoms with E-state index < -0.39 is 17.0 Å². The number of rotatable bonds is 9. The Morgan fingerprint density at radius 3 is 2.58 bits per heavy atom. The Morgan fingerprint density at radius 1 is 1.05 bits per heavy atom. The maximum absolute atomic E-state index is 14.2. The highest BCUT2D eigenvalue weighted by Gasteiger charge is 2.36. The molecule has 0 spiro atoms. The number of amides is 3. The van der Waals surface area contributed by atoms with Gasteiger partial charge in [0.05, 0.1) is 18.1 Å². The summed E-state index contributed by atoms with van der Waals surface area (Å²) in [5.41, 5.74) is 1.17. The van der Waals surface area contributed by atoms with Crippen molar-refractivity contribution in [2.45, 2.75) is 13.5 Å². The number of hydrogen-bond acceptors (Lipinski definition) is 6. The molecule has 196 valence electrons. The summed E-state index contributed by atoms with van der Waals surface area (Å²) in [5.74, 6) is -0.863. The predicted octanol–water partition coefficient (Wildman–Crippen LogP) is 6.79. The molecule has 11 heteroatoms. The van der Waals surface area contributed by atoms with Gasteiger partial charge in [-0.05, 0) is 72.8 Å². The maximum Gasteiger partial charge on any atom is 0.293 e. The SMILES string of the molecule is CCOc1cc(/C=C2\SC(=O)N(Cc3c(F)cccc3Cl)C2=O)ccc1OCC(=O)Nc1cccc(Cl)c1. The molecule has 1 aliphatic heterocycles. The van der Waals surface area contributed by atoms with Gasteiger partial charge < -0.3 is 14.8 Å². The summed E-state index contributed by atoms with van der Waals surface area (Å²) < 4.78 is 25.5. The van der Waals surface area contributed by atoms with Crippen LogP contribution in [0.2, 0.25) is 10.0 Å². The first-order valence-corrected chi connectivity index (χ1v) is 13.0. The van der Waals surface area contributed by atoms with Crippen molar-refractivity contribution in [3.63, 3.8) is 0 Å². The zero-order valence-electron chi connectivity index (χ0n) is 20.0. The van der Waals surface area contributed by atoms with Crippen LogP contribution in [0.1, 0.15) is 18.1 Å². The van der Waals surface area contributed by atoms with Crippen LogP contribution in [0.25, 0.3) is 6.08 Å². The Hall–Kier alpha value is -3.53. The van der Waals surface area contributed by atoms with Gasteiger partial charge in [0.2, 0.25) is 0 Å². The van der Waals surface area contributed by atoms with Gasteiger partial charge in [-0.15, -0.1) is 0 Å². The standard InChI is InChI=1S/C27H21Cl2FN2O5S/c1-2-36-23-11-16(9-10-22(23)37-15-25(33)31-18-6-3-5-17(28)13-18)12-24-26(34)32(27(35)38-24)14-19-20(29)7-4-8-21(19)30/h3-13H,2,14-15H2,1H3,(H,31,33)/b24-12-. The molecule has 3 aromatic rings. The summed E-state index contributed by atoms with van der Waals surface area (Å²) in [6.07, 6.45) is 1.53. The quantitative estimate of drug-likeness (QED) is 0.283. The highest BCUT2D eigenvalue weighted by Crippen LogP contribution is 2.36. The van der Waals surface area contributed by atoms with Gasteiger partial charge in [0.15, 0.2) is 18.1 Å². The number of nitrogens with zero attached hydrogens (tertiary/aromatic N) is 1. The molecule has 0 radical (unpaired) electrons. The fraction of sp³-hybridized carbons (Fsp3) is 0.148. The highest BCUT2D eigenvalue weighted by atomic mass is 35.5. The Balaban J connectivity index is 1.46. The second-order valence-corrected chi connectivity index (χ2v) is 9.79. The summed E-state index contributed by atoms with van der Waals surface area (Å²) in [6.45, 7) is 1.57. The van der Waals surface area contributed by atoms with Gasteiger partial charge >= 0.3 is 0 Å². The molecule has 4 rings (SSSR count). The molecular formula is C27H21Cl2FN2O5S. The lowest BCUT2D eigenvalue weighted by atomic mass is 10.1. The Morgan fingerprint density at radius 2 is 1.84 bits per heavy atom. The maximum atomic E-state index is 14.2. The van der Waals surface area contributed by atoms with Crippen molar-refractivity contribution in [2.24, 2.45) is 0 Å². The number of thioether (sulfide) groups is 1. The number of carbonyl (C=O) groups is 3. The fourth-order valence-electron chi connectivity index (χ4n) is 3.54. The molecule has 0 bridgehead atoms. The van der Waals surface area contributed by atoms with Crippen LogP contribution >= 0.6 is 35.0 Å². The molecule has 3 amide bonds. The molecule has 3 aromatic carbocycles. The number of hydrogen-bond donors (Lipinski definition) is 1. The average Bonchev–Trinajstić information content (AvgIpc) is 3.13. The largest absolute Gasteiger partial charge is 0.490 e. The van der Waals surface area contributed by atoms with Crippen LogP contribution < -0.4 is 14.8 Å². The first-order valence-electron chi connectivity index (χ1n) is 11.4. The van der Waals surface area contributed by atoms with Crippen LogP contribution in [0, 0.1) is 5.82 Å². The van der Waals surface area contributed by atoms with Crippen molar-refractivity contribution in [1.29, 1.82) is 0 Å². The van der Waals surface area contributed by atoms with Crippen LogP contribution in [0.5, 0.6) is 11.5 Å². The molecule has 1 saturated heterocycles. The predicted molar refractivity (Wildman–Crippen MR) is 146 cm³/mol. The van der Waals surface area contributed by atoms with Crippen LogP contribution in [-0.2, 0) is 16.1 Å². The molecule has 0 saturated carbocycles. The third-order valence-corrected chi connectivity index (χ3v) is 6.78. The van der Waals surface area contributed by atoms with E-state index in [1.54, 1.807) is 49.4 Å². The monoisotopic (exact) mass is 574 g/mol. The van der Waals surface area contributed by atoms with Crippen molar-refractivity contribution < 1.29 is 28.2 Å². The fourth-order valence-corrected chi connectivity index (χ4v) is 4.79. The van der Waals surface area contributed by atoms with Crippen LogP contribution in [0.4, 0.5) is 14.9 Å². The first-order chi connectivity index (χ1) is 18.2. The van der Waals surface area contributed by atoms with E-state index in [9.17, 15) is 18.8 Å². The summed E-state index contributed by atoms with van der Waals surface area (Å²) in [5, 5.41) is 2.79. The zero-order chi connectivity index (χ0) is 27.2. The highest BCUT2D eigenvalue weighted by molar-refractivity contribution is 8.18. The van der Waals surface area contributed by atoms with E-state index in [0.29, 0.717) is 34.4 Å². The van der Waals surface area contributed by atoms with Crippen LogP contribution in [-0.4, -0.2) is 35.2 Å². The molecule has 0 atom stereocenters. The number of ether oxygens (including phenoxy) is 2. The Bertz CT molecular complexity index is 1410. The lowest BCUT2D eigenvalue weighted by molar-refractivity contribution is -0.123. The molecule has 1 aliphatic rings. The summed E-state index contributed by atoms with van der Waals surface area (Å²) in [7, 11) is 0. The van der Waals surface area contributed by atoms with E-state index in [1.165, 1.54) is 24.3 Å². The second kappa shape index (κ2) is 12.3. The molecule has 0 aromatic heterocycles. The first kappa shape index (κ1) is 27.5. The number of anilines is 1. The van der Waals surface area contributed by atoms with Crippen molar-refractivity contribution in [1.82, 2.24) is 4.90 Å². The zero-order valence-corrected chi connectivity index (χ0v) is 22.3. The van der Waals surface area contributed by atoms with Crippen LogP contribution in [0.3, 0.4) is 0 Å². The molecule has 1 fully saturated rings. The third-order valence-electron chi connectivity index (χ3n) is 5.28. The number of carbonyl (C=O) groups excluding carboxylic acids is 3. The van der Waals surface area contributed by atoms with E-state index in [0.717, 1.165) is 16.7 Å². The molecular weight excluding hydrogens is 554 g/mol. The van der Waals surface area contributed by atoms with Crippen LogP contribution in [0.15, 0.2) is 65.6 Å². The van der Waals surface area contributed by atoms with E-state index in [2.05, 4.69) is 5.32 Å². The van der Waals surface area contributed by atoms with Crippen molar-refractivity contribution in [2.75, 3.05) is 18.5 Å². The van der Waals surface area contributed by atoms with Crippen molar-refractivity contribution >= 4 is 63.8 Å². The number of nitrogens with one attached hydrogen (secondary N) is 1. The Labute approximate surface area is 232 Å². The molecule has 7 nitrogen and oxygen atoms in total. The van der Waals surface area contributed by atoms with Gasteiger partial charge in [0.1, 0.15) is 5.82 Å². The minimum Gasteiger partial charge on any atom is -0.490 e. The van der Waals surface area contributed by atoms with Gasteiger partial charge in [-0.3, -0.25) is 19.3 Å². The topological polar surface area (TPSA) is 84.9 Å². The van der Waals surface area contributed by atoms with E-state index >= 15 is 0 Å². The van der Waals surface area contributed by atoms with Gasteiger partial charge in [-0.25, -0.2) is 4.39 Å². The molecule has 0 unspecified atom stereocenters. The van der Waals surface area contributed by atoms with Gasteiger partial charge in [-0.1, -0.05) is 41.4 Å². The molecule has 0 aliphatic carbocycles. The lowest BCUT2D eigenvalue weighted by Gasteiger charge is -2.14. The Kier molecular flexibility index (Phi) is 8.93.